The third-order valence-electron chi connectivity index (χ3n) is 4.30. The van der Waals surface area contributed by atoms with Crippen molar-refractivity contribution in [1.29, 1.82) is 0 Å². The summed E-state index contributed by atoms with van der Waals surface area (Å²) in [5.74, 6) is 0. The Bertz CT molecular complexity index is 379. The summed E-state index contributed by atoms with van der Waals surface area (Å²) in [6.45, 7) is 9.17. The molecule has 0 spiro atoms. The predicted octanol–water partition coefficient (Wildman–Crippen LogP) is 5.91. The standard InChI is InChI=1S/C6H5.C5H9.2C4H9.Sn/c1-2-4-6-5-3-1;1-4-5(2)3;2*1-3-4-2;/h1-5H;4H,1H2,2-3H3;2*1,3-4H2,2H3;. The van der Waals surface area contributed by atoms with E-state index in [1.54, 1.807) is 3.58 Å². The van der Waals surface area contributed by atoms with Gasteiger partial charge in [0.2, 0.25) is 0 Å². The zero-order valence-corrected chi connectivity index (χ0v) is 16.8. The van der Waals surface area contributed by atoms with Crippen LogP contribution in [0.3, 0.4) is 0 Å². The summed E-state index contributed by atoms with van der Waals surface area (Å²) in [7, 11) is 0. The Kier molecular flexibility index (Phi) is 8.59. The van der Waals surface area contributed by atoms with Crippen molar-refractivity contribution in [3.63, 3.8) is 0 Å². The number of rotatable bonds is 9. The average Bonchev–Trinajstić information content (AvgIpc) is 2.48. The Balaban J connectivity index is 3.06. The third-order valence-corrected chi connectivity index (χ3v) is 19.0. The van der Waals surface area contributed by atoms with Crippen LogP contribution < -0.4 is 3.58 Å². The molecule has 112 valence electrons. The number of hydrogen-bond acceptors (Lipinski definition) is 0. The second kappa shape index (κ2) is 9.65. The normalized spacial score (nSPS) is 11.4. The van der Waals surface area contributed by atoms with Crippen LogP contribution in [0.1, 0.15) is 53.4 Å². The van der Waals surface area contributed by atoms with E-state index in [-0.39, 0.29) is 0 Å². The van der Waals surface area contributed by atoms with Crippen LogP contribution in [-0.4, -0.2) is 18.4 Å². The second-order valence-corrected chi connectivity index (χ2v) is 19.3. The fourth-order valence-corrected chi connectivity index (χ4v) is 17.9. The number of benzene rings is 1. The van der Waals surface area contributed by atoms with Crippen LogP contribution in [0.4, 0.5) is 0 Å². The maximum absolute atomic E-state index is 2.54. The molecule has 0 nitrogen and oxygen atoms in total. The van der Waals surface area contributed by atoms with E-state index in [1.807, 2.05) is 0 Å². The number of unbranched alkanes of at least 4 members (excludes halogenated alkanes) is 2. The molecule has 0 aliphatic rings. The van der Waals surface area contributed by atoms with Crippen molar-refractivity contribution in [2.75, 3.05) is 0 Å². The monoisotopic (exact) mass is 380 g/mol. The molecular formula is C19H32Sn. The summed E-state index contributed by atoms with van der Waals surface area (Å²) in [4.78, 5) is 0. The number of allylic oxidation sites excluding steroid dienone is 2. The van der Waals surface area contributed by atoms with Gasteiger partial charge in [-0.05, 0) is 0 Å². The first-order chi connectivity index (χ1) is 9.64. The first-order valence-electron chi connectivity index (χ1n) is 8.33. The molecule has 0 unspecified atom stereocenters. The summed E-state index contributed by atoms with van der Waals surface area (Å²) < 4.78 is 6.21. The van der Waals surface area contributed by atoms with Gasteiger partial charge >= 0.3 is 131 Å². The zero-order valence-electron chi connectivity index (χ0n) is 13.9. The number of hydrogen-bond donors (Lipinski definition) is 0. The fourth-order valence-electron chi connectivity index (χ4n) is 2.96. The van der Waals surface area contributed by atoms with Gasteiger partial charge < -0.3 is 0 Å². The van der Waals surface area contributed by atoms with Gasteiger partial charge in [-0.1, -0.05) is 0 Å². The average molecular weight is 379 g/mol. The summed E-state index contributed by atoms with van der Waals surface area (Å²) in [6, 6.07) is 11.5. The van der Waals surface area contributed by atoms with E-state index in [4.69, 9.17) is 0 Å². The van der Waals surface area contributed by atoms with Crippen molar-refractivity contribution in [3.05, 3.63) is 42.0 Å². The summed E-state index contributed by atoms with van der Waals surface area (Å²) >= 11 is -2.23. The summed E-state index contributed by atoms with van der Waals surface area (Å²) in [5.41, 5.74) is 1.50. The molecule has 0 aliphatic heterocycles. The Morgan fingerprint density at radius 1 is 0.950 bits per heavy atom. The molecule has 0 bridgehead atoms. The molecule has 1 aromatic carbocycles. The van der Waals surface area contributed by atoms with E-state index >= 15 is 0 Å². The molecule has 0 N–H and O–H groups in total. The van der Waals surface area contributed by atoms with Gasteiger partial charge in [-0.15, -0.1) is 0 Å². The first kappa shape index (κ1) is 17.8. The zero-order chi connectivity index (χ0) is 14.8. The van der Waals surface area contributed by atoms with Gasteiger partial charge in [0.05, 0.1) is 0 Å². The van der Waals surface area contributed by atoms with Crippen molar-refractivity contribution in [1.82, 2.24) is 0 Å². The van der Waals surface area contributed by atoms with E-state index in [9.17, 15) is 0 Å². The van der Waals surface area contributed by atoms with Crippen LogP contribution in [0.15, 0.2) is 42.0 Å². The predicted molar refractivity (Wildman–Crippen MR) is 95.5 cm³/mol. The van der Waals surface area contributed by atoms with E-state index in [1.165, 1.54) is 44.6 Å². The van der Waals surface area contributed by atoms with E-state index < -0.39 is 18.4 Å². The van der Waals surface area contributed by atoms with Gasteiger partial charge in [0.1, 0.15) is 0 Å². The van der Waals surface area contributed by atoms with Crippen molar-refractivity contribution in [3.8, 4) is 0 Å². The molecular weight excluding hydrogens is 347 g/mol. The minimum absolute atomic E-state index is 1.34. The molecule has 0 saturated carbocycles. The maximum atomic E-state index is 2.54. The Labute approximate surface area is 130 Å². The molecule has 0 radical (unpaired) electrons. The summed E-state index contributed by atoms with van der Waals surface area (Å²) in [6.07, 6.45) is 8.06. The van der Waals surface area contributed by atoms with E-state index in [0.717, 1.165) is 0 Å². The van der Waals surface area contributed by atoms with Crippen LogP contribution in [0.2, 0.25) is 13.3 Å². The van der Waals surface area contributed by atoms with Crippen LogP contribution in [0.5, 0.6) is 0 Å². The Morgan fingerprint density at radius 2 is 1.50 bits per heavy atom. The molecule has 0 amide bonds. The van der Waals surface area contributed by atoms with Gasteiger partial charge in [-0.3, -0.25) is 0 Å². The molecule has 1 heteroatoms. The van der Waals surface area contributed by atoms with Crippen molar-refractivity contribution in [2.45, 2.75) is 66.7 Å². The molecule has 0 aliphatic carbocycles. The van der Waals surface area contributed by atoms with Crippen molar-refractivity contribution in [2.24, 2.45) is 0 Å². The molecule has 0 heterocycles. The van der Waals surface area contributed by atoms with Crippen LogP contribution in [0, 0.1) is 0 Å². The molecule has 0 atom stereocenters. The molecule has 0 aromatic heterocycles. The Morgan fingerprint density at radius 3 is 1.95 bits per heavy atom. The summed E-state index contributed by atoms with van der Waals surface area (Å²) in [5, 5.41) is 0. The molecule has 0 fully saturated rings. The quantitative estimate of drug-likeness (QED) is 0.370. The molecule has 20 heavy (non-hydrogen) atoms. The van der Waals surface area contributed by atoms with Crippen molar-refractivity contribution < 1.29 is 0 Å². The van der Waals surface area contributed by atoms with E-state index in [2.05, 4.69) is 64.1 Å². The van der Waals surface area contributed by atoms with Crippen molar-refractivity contribution >= 4 is 22.0 Å². The van der Waals surface area contributed by atoms with Gasteiger partial charge in [-0.2, -0.15) is 0 Å². The molecule has 1 aromatic rings. The van der Waals surface area contributed by atoms with Crippen LogP contribution in [0.25, 0.3) is 0 Å². The van der Waals surface area contributed by atoms with Gasteiger partial charge in [0.25, 0.3) is 0 Å². The second-order valence-electron chi connectivity index (χ2n) is 6.34. The van der Waals surface area contributed by atoms with Gasteiger partial charge in [-0.25, -0.2) is 0 Å². The SMILES string of the molecule is CCC[CH2][Sn]([CH2]C=C(C)C)([CH2]CCC)[c]1ccccc1. The van der Waals surface area contributed by atoms with Crippen LogP contribution in [-0.2, 0) is 0 Å². The minimum atomic E-state index is -2.23. The van der Waals surface area contributed by atoms with Gasteiger partial charge in [0, 0.05) is 0 Å². The first-order valence-corrected chi connectivity index (χ1v) is 15.8. The topological polar surface area (TPSA) is 0 Å². The fraction of sp³-hybridized carbons (Fsp3) is 0.579. The van der Waals surface area contributed by atoms with Crippen LogP contribution >= 0.6 is 0 Å². The molecule has 1 rings (SSSR count). The molecule has 0 saturated heterocycles. The third kappa shape index (κ3) is 5.63. The van der Waals surface area contributed by atoms with Gasteiger partial charge in [0.15, 0.2) is 0 Å². The Hall–Kier alpha value is -0.241. The van der Waals surface area contributed by atoms with E-state index in [0.29, 0.717) is 0 Å².